The highest BCUT2D eigenvalue weighted by atomic mass is 32.2. The first-order chi connectivity index (χ1) is 7.99. The van der Waals surface area contributed by atoms with E-state index in [4.69, 9.17) is 0 Å². The summed E-state index contributed by atoms with van der Waals surface area (Å²) in [6, 6.07) is 6.25. The molecule has 17 heavy (non-hydrogen) atoms. The Labute approximate surface area is 97.9 Å². The molecule has 0 spiro atoms. The normalized spacial score (nSPS) is 12.1. The molecule has 0 saturated carbocycles. The summed E-state index contributed by atoms with van der Waals surface area (Å²) in [5, 5.41) is 20.0. The molecule has 0 bridgehead atoms. The summed E-state index contributed by atoms with van der Waals surface area (Å²) >= 11 is 0. The summed E-state index contributed by atoms with van der Waals surface area (Å²) in [5.74, 6) is -1.13. The number of aromatic nitrogens is 1. The minimum absolute atomic E-state index is 0.0876. The minimum atomic E-state index is -4.22. The Bertz CT molecular complexity index is 620. The van der Waals surface area contributed by atoms with Crippen molar-refractivity contribution in [2.24, 2.45) is 0 Å². The summed E-state index contributed by atoms with van der Waals surface area (Å²) in [5.41, 5.74) is 0. The molecule has 0 aliphatic carbocycles. The second-order valence-corrected chi connectivity index (χ2v) is 4.78. The van der Waals surface area contributed by atoms with E-state index in [-0.39, 0.29) is 17.4 Å². The van der Waals surface area contributed by atoms with Gasteiger partial charge in [0.1, 0.15) is 0 Å². The van der Waals surface area contributed by atoms with Gasteiger partial charge >= 0.3 is 10.3 Å². The summed E-state index contributed by atoms with van der Waals surface area (Å²) in [6.07, 6.45) is 0. The maximum Gasteiger partial charge on any atom is 0.371 e. The van der Waals surface area contributed by atoms with Gasteiger partial charge < -0.3 is 10.2 Å². The van der Waals surface area contributed by atoms with Gasteiger partial charge in [-0.25, -0.2) is 0 Å². The number of hydrogen-bond acceptors (Lipinski definition) is 5. The SMILES string of the molecule is CCOS(=O)(=O)n1c(O)c2ccccc2c1O. The monoisotopic (exact) mass is 257 g/mol. The van der Waals surface area contributed by atoms with Gasteiger partial charge in [0.15, 0.2) is 0 Å². The Morgan fingerprint density at radius 3 is 2.06 bits per heavy atom. The van der Waals surface area contributed by atoms with Crippen molar-refractivity contribution in [1.29, 1.82) is 0 Å². The maximum absolute atomic E-state index is 11.7. The number of nitrogens with zero attached hydrogens (tertiary/aromatic N) is 1. The number of fused-ring (bicyclic) bond motifs is 1. The third-order valence-corrected chi connectivity index (χ3v) is 3.61. The second kappa shape index (κ2) is 3.94. The van der Waals surface area contributed by atoms with E-state index in [0.717, 1.165) is 0 Å². The van der Waals surface area contributed by atoms with Crippen LogP contribution >= 0.6 is 0 Å². The molecule has 2 N–H and O–H groups in total. The predicted molar refractivity (Wildman–Crippen MR) is 61.2 cm³/mol. The molecular weight excluding hydrogens is 246 g/mol. The van der Waals surface area contributed by atoms with Gasteiger partial charge in [-0.1, -0.05) is 12.1 Å². The Balaban J connectivity index is 2.79. The zero-order valence-corrected chi connectivity index (χ0v) is 9.81. The molecule has 0 aliphatic heterocycles. The Morgan fingerprint density at radius 2 is 1.65 bits per heavy atom. The lowest BCUT2D eigenvalue weighted by Gasteiger charge is -2.06. The number of benzene rings is 1. The molecule has 0 atom stereocenters. The fourth-order valence-electron chi connectivity index (χ4n) is 1.61. The average molecular weight is 257 g/mol. The van der Waals surface area contributed by atoms with E-state index in [9.17, 15) is 18.6 Å². The van der Waals surface area contributed by atoms with Gasteiger partial charge in [0.2, 0.25) is 11.8 Å². The first kappa shape index (κ1) is 11.7. The quantitative estimate of drug-likeness (QED) is 0.862. The average Bonchev–Trinajstić information content (AvgIpc) is 2.53. The van der Waals surface area contributed by atoms with Crippen LogP contribution in [-0.4, -0.2) is 29.2 Å². The molecule has 1 aromatic carbocycles. The van der Waals surface area contributed by atoms with Crippen molar-refractivity contribution in [3.05, 3.63) is 24.3 Å². The smallest absolute Gasteiger partial charge is 0.371 e. The lowest BCUT2D eigenvalue weighted by Crippen LogP contribution is -2.14. The highest BCUT2D eigenvalue weighted by molar-refractivity contribution is 7.85. The molecule has 92 valence electrons. The lowest BCUT2D eigenvalue weighted by atomic mass is 10.2. The molecule has 6 nitrogen and oxygen atoms in total. The van der Waals surface area contributed by atoms with Gasteiger partial charge in [0, 0.05) is 10.8 Å². The largest absolute Gasteiger partial charge is 0.493 e. The van der Waals surface area contributed by atoms with Crippen LogP contribution in [0.5, 0.6) is 11.8 Å². The molecule has 0 amide bonds. The molecule has 0 aliphatic rings. The van der Waals surface area contributed by atoms with E-state index in [0.29, 0.717) is 3.97 Å². The molecule has 0 unspecified atom stereocenters. The maximum atomic E-state index is 11.7. The summed E-state index contributed by atoms with van der Waals surface area (Å²) in [6.45, 7) is 1.41. The lowest BCUT2D eigenvalue weighted by molar-refractivity contribution is 0.319. The first-order valence-corrected chi connectivity index (χ1v) is 6.27. The van der Waals surface area contributed by atoms with Gasteiger partial charge in [-0.3, -0.25) is 4.18 Å². The zero-order chi connectivity index (χ0) is 12.6. The van der Waals surface area contributed by atoms with E-state index in [1.54, 1.807) is 12.1 Å². The first-order valence-electron chi connectivity index (χ1n) is 4.90. The molecule has 0 fully saturated rings. The van der Waals surface area contributed by atoms with E-state index in [1.807, 2.05) is 0 Å². The van der Waals surface area contributed by atoms with Crippen molar-refractivity contribution in [1.82, 2.24) is 3.97 Å². The molecule has 0 saturated heterocycles. The van der Waals surface area contributed by atoms with Crippen LogP contribution in [0.15, 0.2) is 24.3 Å². The van der Waals surface area contributed by atoms with E-state index in [1.165, 1.54) is 19.1 Å². The fourth-order valence-corrected chi connectivity index (χ4v) is 2.63. The molecular formula is C10H11NO5S. The molecule has 1 heterocycles. The zero-order valence-electron chi connectivity index (χ0n) is 8.99. The Kier molecular flexibility index (Phi) is 2.72. The van der Waals surface area contributed by atoms with Gasteiger partial charge in [-0.2, -0.15) is 12.4 Å². The van der Waals surface area contributed by atoms with Gasteiger partial charge in [0.25, 0.3) is 0 Å². The van der Waals surface area contributed by atoms with Crippen LogP contribution in [0.3, 0.4) is 0 Å². The van der Waals surface area contributed by atoms with Crippen molar-refractivity contribution in [3.8, 4) is 11.8 Å². The van der Waals surface area contributed by atoms with Crippen molar-refractivity contribution < 1.29 is 22.8 Å². The van der Waals surface area contributed by atoms with Crippen molar-refractivity contribution in [2.45, 2.75) is 6.92 Å². The van der Waals surface area contributed by atoms with E-state index in [2.05, 4.69) is 4.18 Å². The number of hydrogen-bond donors (Lipinski definition) is 2. The molecule has 0 radical (unpaired) electrons. The highest BCUT2D eigenvalue weighted by Crippen LogP contribution is 2.37. The number of rotatable bonds is 3. The molecule has 1 aromatic heterocycles. The summed E-state index contributed by atoms with van der Waals surface area (Å²) in [4.78, 5) is 0. The van der Waals surface area contributed by atoms with Gasteiger partial charge in [0.05, 0.1) is 6.61 Å². The van der Waals surface area contributed by atoms with Crippen LogP contribution in [0.1, 0.15) is 6.92 Å². The van der Waals surface area contributed by atoms with Crippen LogP contribution < -0.4 is 0 Å². The van der Waals surface area contributed by atoms with Crippen LogP contribution in [0.4, 0.5) is 0 Å². The Hall–Kier alpha value is -1.73. The third kappa shape index (κ3) is 1.73. The van der Waals surface area contributed by atoms with Crippen molar-refractivity contribution in [2.75, 3.05) is 6.61 Å². The van der Waals surface area contributed by atoms with Crippen LogP contribution in [0.2, 0.25) is 0 Å². The number of aromatic hydroxyl groups is 2. The van der Waals surface area contributed by atoms with Crippen molar-refractivity contribution >= 4 is 21.1 Å². The van der Waals surface area contributed by atoms with Crippen molar-refractivity contribution in [3.63, 3.8) is 0 Å². The standard InChI is InChI=1S/C10H11NO5S/c1-2-16-17(14,15)11-9(12)7-5-3-4-6-8(7)10(11)13/h3-6,12-13H,2H2,1H3. The highest BCUT2D eigenvalue weighted by Gasteiger charge is 2.25. The third-order valence-electron chi connectivity index (χ3n) is 2.28. The van der Waals surface area contributed by atoms with E-state index >= 15 is 0 Å². The van der Waals surface area contributed by atoms with Gasteiger partial charge in [-0.15, -0.1) is 0 Å². The molecule has 2 rings (SSSR count). The van der Waals surface area contributed by atoms with Crippen LogP contribution in [0.25, 0.3) is 10.8 Å². The topological polar surface area (TPSA) is 88.8 Å². The minimum Gasteiger partial charge on any atom is -0.493 e. The van der Waals surface area contributed by atoms with Gasteiger partial charge in [-0.05, 0) is 19.1 Å². The Morgan fingerprint density at radius 1 is 1.18 bits per heavy atom. The van der Waals surface area contributed by atoms with Crippen LogP contribution in [0, 0.1) is 0 Å². The fraction of sp³-hybridized carbons (Fsp3) is 0.200. The summed E-state index contributed by atoms with van der Waals surface area (Å²) < 4.78 is 28.2. The summed E-state index contributed by atoms with van der Waals surface area (Å²) in [7, 11) is -4.22. The molecule has 7 heteroatoms. The molecule has 2 aromatic rings. The second-order valence-electron chi connectivity index (χ2n) is 3.32. The van der Waals surface area contributed by atoms with Crippen LogP contribution in [-0.2, 0) is 14.5 Å². The predicted octanol–water partition coefficient (Wildman–Crippen LogP) is 1.18. The van der Waals surface area contributed by atoms with E-state index < -0.39 is 22.1 Å².